The first kappa shape index (κ1) is 18.1. The van der Waals surface area contributed by atoms with Gasteiger partial charge in [-0.15, -0.1) is 0 Å². The molecular formula is C19H18N4O4. The van der Waals surface area contributed by atoms with Gasteiger partial charge in [-0.3, -0.25) is 15.2 Å². The summed E-state index contributed by atoms with van der Waals surface area (Å²) >= 11 is 0. The number of nitro benzene ring substituents is 1. The number of fused-ring (bicyclic) bond motifs is 1. The second-order valence-corrected chi connectivity index (χ2v) is 5.78. The van der Waals surface area contributed by atoms with Crippen LogP contribution in [0.2, 0.25) is 0 Å². The smallest absolute Gasteiger partial charge is 0.407 e. The maximum absolute atomic E-state index is 11.6. The monoisotopic (exact) mass is 366 g/mol. The number of nitrogens with zero attached hydrogens (tertiary/aromatic N) is 2. The molecular weight excluding hydrogens is 348 g/mol. The summed E-state index contributed by atoms with van der Waals surface area (Å²) in [6.45, 7) is 0.637. The van der Waals surface area contributed by atoms with Crippen molar-refractivity contribution in [3.8, 4) is 0 Å². The predicted molar refractivity (Wildman–Crippen MR) is 101 cm³/mol. The number of aromatic nitrogens is 2. The number of benzene rings is 2. The molecule has 2 aromatic carbocycles. The third kappa shape index (κ3) is 4.91. The second kappa shape index (κ2) is 8.61. The average molecular weight is 366 g/mol. The Hall–Kier alpha value is -3.68. The van der Waals surface area contributed by atoms with E-state index in [0.29, 0.717) is 29.6 Å². The molecule has 3 rings (SSSR count). The number of carbonyl (C=O) groups is 1. The van der Waals surface area contributed by atoms with Crippen LogP contribution in [0.4, 0.5) is 10.5 Å². The van der Waals surface area contributed by atoms with E-state index in [2.05, 4.69) is 15.5 Å². The quantitative estimate of drug-likeness (QED) is 0.375. The molecule has 8 nitrogen and oxygen atoms in total. The van der Waals surface area contributed by atoms with Crippen molar-refractivity contribution in [1.29, 1.82) is 0 Å². The Morgan fingerprint density at radius 1 is 1.26 bits per heavy atom. The van der Waals surface area contributed by atoms with Crippen LogP contribution in [0.3, 0.4) is 0 Å². The first-order chi connectivity index (χ1) is 13.1. The van der Waals surface area contributed by atoms with E-state index in [-0.39, 0.29) is 12.3 Å². The van der Waals surface area contributed by atoms with Crippen molar-refractivity contribution in [2.75, 3.05) is 6.54 Å². The third-order valence-corrected chi connectivity index (χ3v) is 3.86. The zero-order valence-corrected chi connectivity index (χ0v) is 14.4. The van der Waals surface area contributed by atoms with Gasteiger partial charge in [-0.1, -0.05) is 36.4 Å². The van der Waals surface area contributed by atoms with Crippen molar-refractivity contribution in [2.45, 2.75) is 13.0 Å². The summed E-state index contributed by atoms with van der Waals surface area (Å²) in [7, 11) is 0. The third-order valence-electron chi connectivity index (χ3n) is 3.86. The van der Waals surface area contributed by atoms with E-state index in [4.69, 9.17) is 4.74 Å². The van der Waals surface area contributed by atoms with E-state index in [1.807, 2.05) is 36.4 Å². The first-order valence-electron chi connectivity index (χ1n) is 8.37. The Morgan fingerprint density at radius 3 is 2.85 bits per heavy atom. The minimum absolute atomic E-state index is 0.0152. The van der Waals surface area contributed by atoms with E-state index in [9.17, 15) is 14.9 Å². The topological polar surface area (TPSA) is 110 Å². The first-order valence-corrected chi connectivity index (χ1v) is 8.37. The van der Waals surface area contributed by atoms with Gasteiger partial charge in [-0.2, -0.15) is 5.10 Å². The molecule has 0 fully saturated rings. The number of H-pyrrole nitrogens is 1. The zero-order chi connectivity index (χ0) is 19.1. The van der Waals surface area contributed by atoms with Gasteiger partial charge in [-0.05, 0) is 24.1 Å². The van der Waals surface area contributed by atoms with Crippen LogP contribution in [0.15, 0.2) is 54.6 Å². The fraction of sp³-hybridized carbons (Fsp3) is 0.158. The van der Waals surface area contributed by atoms with Gasteiger partial charge in [0.15, 0.2) is 0 Å². The molecule has 0 radical (unpaired) electrons. The molecule has 0 bridgehead atoms. The fourth-order valence-corrected chi connectivity index (χ4v) is 2.49. The maximum Gasteiger partial charge on any atom is 0.407 e. The summed E-state index contributed by atoms with van der Waals surface area (Å²) in [5.74, 6) is 0. The van der Waals surface area contributed by atoms with Crippen molar-refractivity contribution in [1.82, 2.24) is 15.5 Å². The van der Waals surface area contributed by atoms with E-state index in [0.717, 1.165) is 5.56 Å². The number of nitrogens with one attached hydrogen (secondary N) is 2. The highest BCUT2D eigenvalue weighted by molar-refractivity contribution is 5.88. The largest absolute Gasteiger partial charge is 0.445 e. The van der Waals surface area contributed by atoms with Gasteiger partial charge >= 0.3 is 6.09 Å². The number of alkyl carbamates (subject to hydrolysis) is 1. The summed E-state index contributed by atoms with van der Waals surface area (Å²) in [5.41, 5.74) is 2.28. The Kier molecular flexibility index (Phi) is 5.78. The van der Waals surface area contributed by atoms with Gasteiger partial charge in [0.2, 0.25) is 0 Å². The molecule has 1 aromatic heterocycles. The SMILES string of the molecule is O=C(NCCC=Cc1[nH]nc2ccc([N+](=O)[O-])cc12)OCc1ccccc1. The van der Waals surface area contributed by atoms with Crippen LogP contribution >= 0.6 is 0 Å². The maximum atomic E-state index is 11.6. The normalized spacial score (nSPS) is 11.0. The minimum Gasteiger partial charge on any atom is -0.445 e. The molecule has 1 amide bonds. The number of nitro groups is 1. The Balaban J connectivity index is 1.47. The molecule has 0 saturated heterocycles. The average Bonchev–Trinajstić information content (AvgIpc) is 3.09. The van der Waals surface area contributed by atoms with Crippen molar-refractivity contribution in [3.63, 3.8) is 0 Å². The molecule has 0 saturated carbocycles. The van der Waals surface area contributed by atoms with Crippen LogP contribution in [0.1, 0.15) is 17.7 Å². The van der Waals surface area contributed by atoms with Crippen molar-refractivity contribution >= 4 is 28.8 Å². The van der Waals surface area contributed by atoms with Crippen molar-refractivity contribution in [2.24, 2.45) is 0 Å². The van der Waals surface area contributed by atoms with E-state index >= 15 is 0 Å². The molecule has 0 aliphatic heterocycles. The number of rotatable bonds is 7. The molecule has 1 heterocycles. The lowest BCUT2D eigenvalue weighted by atomic mass is 10.2. The molecule has 8 heteroatoms. The molecule has 0 aliphatic rings. The lowest BCUT2D eigenvalue weighted by Crippen LogP contribution is -2.24. The van der Waals surface area contributed by atoms with Crippen molar-refractivity contribution in [3.05, 3.63) is 76.0 Å². The molecule has 2 N–H and O–H groups in total. The summed E-state index contributed by atoms with van der Waals surface area (Å²) in [4.78, 5) is 22.1. The number of amides is 1. The number of carbonyl (C=O) groups excluding carboxylic acids is 1. The van der Waals surface area contributed by atoms with Gasteiger partial charge in [0, 0.05) is 24.1 Å². The van der Waals surface area contributed by atoms with E-state index < -0.39 is 11.0 Å². The molecule has 0 spiro atoms. The minimum atomic E-state index is -0.477. The number of aromatic amines is 1. The Bertz CT molecular complexity index is 966. The van der Waals surface area contributed by atoms with Gasteiger partial charge < -0.3 is 10.1 Å². The number of ether oxygens (including phenoxy) is 1. The molecule has 0 aliphatic carbocycles. The highest BCUT2D eigenvalue weighted by atomic mass is 16.6. The molecule has 0 unspecified atom stereocenters. The number of hydrogen-bond acceptors (Lipinski definition) is 5. The summed E-state index contributed by atoms with van der Waals surface area (Å²) in [6.07, 6.45) is 3.74. The summed E-state index contributed by atoms with van der Waals surface area (Å²) in [5, 5.41) is 21.2. The standard InChI is InChI=1S/C19H18N4O4/c24-19(27-13-14-6-2-1-3-7-14)20-11-5-4-8-17-16-12-15(23(25)26)9-10-18(16)22-21-17/h1-4,6-10,12H,5,11,13H2,(H,20,24)(H,21,22). The van der Waals surface area contributed by atoms with Gasteiger partial charge in [0.25, 0.3) is 5.69 Å². The van der Waals surface area contributed by atoms with E-state index in [1.54, 1.807) is 12.1 Å². The van der Waals surface area contributed by atoms with Crippen LogP contribution < -0.4 is 5.32 Å². The lowest BCUT2D eigenvalue weighted by molar-refractivity contribution is -0.384. The number of hydrogen-bond donors (Lipinski definition) is 2. The predicted octanol–water partition coefficient (Wildman–Crippen LogP) is 3.80. The van der Waals surface area contributed by atoms with Crippen LogP contribution in [-0.4, -0.2) is 27.8 Å². The Labute approximate surface area is 155 Å². The highest BCUT2D eigenvalue weighted by Crippen LogP contribution is 2.22. The van der Waals surface area contributed by atoms with Crippen LogP contribution in [-0.2, 0) is 11.3 Å². The van der Waals surface area contributed by atoms with E-state index in [1.165, 1.54) is 12.1 Å². The Morgan fingerprint density at radius 2 is 2.07 bits per heavy atom. The molecule has 3 aromatic rings. The lowest BCUT2D eigenvalue weighted by Gasteiger charge is -2.05. The second-order valence-electron chi connectivity index (χ2n) is 5.78. The molecule has 27 heavy (non-hydrogen) atoms. The fourth-order valence-electron chi connectivity index (χ4n) is 2.49. The molecule has 0 atom stereocenters. The van der Waals surface area contributed by atoms with Gasteiger partial charge in [0.05, 0.1) is 16.1 Å². The summed E-state index contributed by atoms with van der Waals surface area (Å²) < 4.78 is 5.12. The van der Waals surface area contributed by atoms with Gasteiger partial charge in [0.1, 0.15) is 6.61 Å². The zero-order valence-electron chi connectivity index (χ0n) is 14.4. The molecule has 138 valence electrons. The number of non-ortho nitro benzene ring substituents is 1. The summed E-state index contributed by atoms with van der Waals surface area (Å²) in [6, 6.07) is 13.9. The highest BCUT2D eigenvalue weighted by Gasteiger charge is 2.10. The van der Waals surface area contributed by atoms with Crippen LogP contribution in [0, 0.1) is 10.1 Å². The van der Waals surface area contributed by atoms with Crippen LogP contribution in [0.5, 0.6) is 0 Å². The van der Waals surface area contributed by atoms with Gasteiger partial charge in [-0.25, -0.2) is 4.79 Å². The van der Waals surface area contributed by atoms with Crippen LogP contribution in [0.25, 0.3) is 17.0 Å². The van der Waals surface area contributed by atoms with Crippen molar-refractivity contribution < 1.29 is 14.5 Å².